The zero-order chi connectivity index (χ0) is 12.1. The van der Waals surface area contributed by atoms with E-state index < -0.39 is 0 Å². The fourth-order valence-corrected chi connectivity index (χ4v) is 2.44. The number of benzene rings is 1. The molecule has 0 radical (unpaired) electrons. The van der Waals surface area contributed by atoms with E-state index in [2.05, 4.69) is 47.1 Å². The second-order valence-corrected chi connectivity index (χ2v) is 4.45. The van der Waals surface area contributed by atoms with E-state index >= 15 is 0 Å². The highest BCUT2D eigenvalue weighted by atomic mass is 15.3. The fraction of sp³-hybridized carbons (Fsp3) is 0.500. The summed E-state index contributed by atoms with van der Waals surface area (Å²) in [7, 11) is 0. The largest absolute Gasteiger partial charge is 0.300 e. The van der Waals surface area contributed by atoms with Gasteiger partial charge in [-0.25, -0.2) is 0 Å². The number of rotatable bonds is 3. The smallest absolute Gasteiger partial charge is 0.0871 e. The summed E-state index contributed by atoms with van der Waals surface area (Å²) in [5.74, 6) is 0. The molecule has 0 N–H and O–H groups in total. The van der Waals surface area contributed by atoms with Crippen molar-refractivity contribution in [2.75, 3.05) is 32.7 Å². The molecular formula is C14H19N3. The zero-order valence-corrected chi connectivity index (χ0v) is 10.3. The fourth-order valence-electron chi connectivity index (χ4n) is 2.44. The van der Waals surface area contributed by atoms with Gasteiger partial charge in [-0.05, 0) is 12.1 Å². The van der Waals surface area contributed by atoms with Gasteiger partial charge in [0.2, 0.25) is 0 Å². The van der Waals surface area contributed by atoms with Gasteiger partial charge in [-0.15, -0.1) is 0 Å². The Hall–Kier alpha value is -1.37. The quantitative estimate of drug-likeness (QED) is 0.741. The number of hydrogen-bond donors (Lipinski definition) is 0. The Bertz CT molecular complexity index is 382. The molecule has 2 rings (SSSR count). The Morgan fingerprint density at radius 3 is 2.71 bits per heavy atom. The van der Waals surface area contributed by atoms with Gasteiger partial charge in [0, 0.05) is 25.7 Å². The molecule has 3 heteroatoms. The lowest BCUT2D eigenvalue weighted by Gasteiger charge is -2.40. The maximum atomic E-state index is 8.90. The van der Waals surface area contributed by atoms with Crippen molar-refractivity contribution in [2.45, 2.75) is 13.0 Å². The van der Waals surface area contributed by atoms with Gasteiger partial charge >= 0.3 is 0 Å². The molecule has 0 saturated carbocycles. The molecule has 17 heavy (non-hydrogen) atoms. The van der Waals surface area contributed by atoms with Crippen LogP contribution in [0.2, 0.25) is 0 Å². The van der Waals surface area contributed by atoms with Crippen molar-refractivity contribution in [3.63, 3.8) is 0 Å². The molecule has 1 aromatic rings. The summed E-state index contributed by atoms with van der Waals surface area (Å²) in [4.78, 5) is 4.73. The van der Waals surface area contributed by atoms with Gasteiger partial charge in [0.15, 0.2) is 0 Å². The third-order valence-electron chi connectivity index (χ3n) is 3.48. The molecule has 0 spiro atoms. The van der Waals surface area contributed by atoms with E-state index in [9.17, 15) is 0 Å². The summed E-state index contributed by atoms with van der Waals surface area (Å²) in [5, 5.41) is 8.90. The van der Waals surface area contributed by atoms with E-state index in [1.54, 1.807) is 0 Å². The van der Waals surface area contributed by atoms with E-state index in [4.69, 9.17) is 5.26 Å². The van der Waals surface area contributed by atoms with Gasteiger partial charge in [-0.3, -0.25) is 4.90 Å². The van der Waals surface area contributed by atoms with Crippen molar-refractivity contribution in [2.24, 2.45) is 0 Å². The van der Waals surface area contributed by atoms with Crippen LogP contribution in [0, 0.1) is 11.3 Å². The Morgan fingerprint density at radius 1 is 1.29 bits per heavy atom. The van der Waals surface area contributed by atoms with Crippen LogP contribution in [-0.2, 0) is 0 Å². The number of nitriles is 1. The minimum absolute atomic E-state index is 0.365. The van der Waals surface area contributed by atoms with Crippen molar-refractivity contribution in [1.29, 1.82) is 5.26 Å². The van der Waals surface area contributed by atoms with E-state index in [-0.39, 0.29) is 0 Å². The number of piperazine rings is 1. The molecule has 0 aromatic heterocycles. The van der Waals surface area contributed by atoms with Crippen molar-refractivity contribution in [1.82, 2.24) is 9.80 Å². The van der Waals surface area contributed by atoms with Gasteiger partial charge in [0.05, 0.1) is 12.6 Å². The third kappa shape index (κ3) is 2.85. The lowest BCUT2D eigenvalue weighted by molar-refractivity contribution is 0.0886. The maximum absolute atomic E-state index is 8.90. The van der Waals surface area contributed by atoms with E-state index in [1.807, 2.05) is 6.07 Å². The predicted molar refractivity (Wildman–Crippen MR) is 68.5 cm³/mol. The normalized spacial score (nSPS) is 22.2. The van der Waals surface area contributed by atoms with Gasteiger partial charge in [-0.2, -0.15) is 5.26 Å². The third-order valence-corrected chi connectivity index (χ3v) is 3.48. The Kier molecular flexibility index (Phi) is 4.13. The monoisotopic (exact) mass is 229 g/mol. The molecule has 0 aliphatic carbocycles. The Morgan fingerprint density at radius 2 is 2.06 bits per heavy atom. The van der Waals surface area contributed by atoms with Crippen LogP contribution in [0.15, 0.2) is 30.3 Å². The first kappa shape index (κ1) is 12.1. The Labute approximate surface area is 103 Å². The standard InChI is InChI=1S/C14H19N3/c1-2-16-10-11-17(9-8-15)14(12-16)13-6-4-3-5-7-13/h3-7,14H,2,9-12H2,1H3. The molecule has 90 valence electrons. The lowest BCUT2D eigenvalue weighted by atomic mass is 10.0. The molecule has 1 atom stereocenters. The first-order valence-corrected chi connectivity index (χ1v) is 6.23. The van der Waals surface area contributed by atoms with Gasteiger partial charge < -0.3 is 4.90 Å². The van der Waals surface area contributed by atoms with Crippen molar-refractivity contribution in [3.8, 4) is 6.07 Å². The van der Waals surface area contributed by atoms with Crippen molar-refractivity contribution >= 4 is 0 Å². The predicted octanol–water partition coefficient (Wildman–Crippen LogP) is 1.89. The van der Waals surface area contributed by atoms with E-state index in [0.29, 0.717) is 12.6 Å². The van der Waals surface area contributed by atoms with Crippen LogP contribution >= 0.6 is 0 Å². The maximum Gasteiger partial charge on any atom is 0.0871 e. The van der Waals surface area contributed by atoms with Crippen LogP contribution < -0.4 is 0 Å². The number of likely N-dealkylation sites (N-methyl/N-ethyl adjacent to an activating group) is 1. The van der Waals surface area contributed by atoms with Gasteiger partial charge in [0.25, 0.3) is 0 Å². The van der Waals surface area contributed by atoms with Crippen molar-refractivity contribution in [3.05, 3.63) is 35.9 Å². The zero-order valence-electron chi connectivity index (χ0n) is 10.3. The average Bonchev–Trinajstić information content (AvgIpc) is 2.40. The second kappa shape index (κ2) is 5.81. The van der Waals surface area contributed by atoms with Crippen LogP contribution in [0.4, 0.5) is 0 Å². The van der Waals surface area contributed by atoms with Gasteiger partial charge in [0.1, 0.15) is 0 Å². The number of nitrogens with zero attached hydrogens (tertiary/aromatic N) is 3. The Balaban J connectivity index is 2.16. The summed E-state index contributed by atoms with van der Waals surface area (Å²) in [6, 6.07) is 13.2. The minimum Gasteiger partial charge on any atom is -0.300 e. The van der Waals surface area contributed by atoms with Crippen LogP contribution in [0.1, 0.15) is 18.5 Å². The molecule has 1 aliphatic rings. The van der Waals surface area contributed by atoms with Crippen LogP contribution in [0.5, 0.6) is 0 Å². The molecule has 1 aromatic carbocycles. The molecule has 1 unspecified atom stereocenters. The van der Waals surface area contributed by atoms with Crippen LogP contribution in [0.3, 0.4) is 0 Å². The SMILES string of the molecule is CCN1CCN(CC#N)C(c2ccccc2)C1. The van der Waals surface area contributed by atoms with E-state index in [0.717, 1.165) is 26.2 Å². The molecule has 1 aliphatic heterocycles. The van der Waals surface area contributed by atoms with Crippen LogP contribution in [0.25, 0.3) is 0 Å². The van der Waals surface area contributed by atoms with E-state index in [1.165, 1.54) is 5.56 Å². The molecule has 0 bridgehead atoms. The lowest BCUT2D eigenvalue weighted by Crippen LogP contribution is -2.48. The molecular weight excluding hydrogens is 210 g/mol. The van der Waals surface area contributed by atoms with Gasteiger partial charge in [-0.1, -0.05) is 37.3 Å². The summed E-state index contributed by atoms with van der Waals surface area (Å²) in [6.45, 7) is 6.90. The average molecular weight is 229 g/mol. The molecule has 3 nitrogen and oxygen atoms in total. The van der Waals surface area contributed by atoms with Crippen LogP contribution in [-0.4, -0.2) is 42.5 Å². The highest BCUT2D eigenvalue weighted by Crippen LogP contribution is 2.24. The molecule has 1 saturated heterocycles. The first-order chi connectivity index (χ1) is 8.35. The highest BCUT2D eigenvalue weighted by Gasteiger charge is 2.26. The van der Waals surface area contributed by atoms with Crippen molar-refractivity contribution < 1.29 is 0 Å². The summed E-state index contributed by atoms with van der Waals surface area (Å²) < 4.78 is 0. The first-order valence-electron chi connectivity index (χ1n) is 6.23. The minimum atomic E-state index is 0.365. The topological polar surface area (TPSA) is 30.3 Å². The molecule has 1 fully saturated rings. The number of hydrogen-bond acceptors (Lipinski definition) is 3. The highest BCUT2D eigenvalue weighted by molar-refractivity contribution is 5.20. The molecule has 0 amide bonds. The second-order valence-electron chi connectivity index (χ2n) is 4.45. The molecule has 1 heterocycles. The summed E-state index contributed by atoms with van der Waals surface area (Å²) >= 11 is 0. The summed E-state index contributed by atoms with van der Waals surface area (Å²) in [5.41, 5.74) is 1.32. The summed E-state index contributed by atoms with van der Waals surface area (Å²) in [6.07, 6.45) is 0.